The number of hydrogen-bond donors (Lipinski definition) is 2. The predicted molar refractivity (Wildman–Crippen MR) is 141 cm³/mol. The van der Waals surface area contributed by atoms with Gasteiger partial charge in [-0.25, -0.2) is 9.37 Å². The van der Waals surface area contributed by atoms with E-state index < -0.39 is 5.41 Å². The fraction of sp³-hybridized carbons (Fsp3) is 0.600. The van der Waals surface area contributed by atoms with Gasteiger partial charge in [0.2, 0.25) is 0 Å². The molecule has 0 unspecified atom stereocenters. The third-order valence-electron chi connectivity index (χ3n) is 7.64. The van der Waals surface area contributed by atoms with Gasteiger partial charge in [-0.3, -0.25) is 9.12 Å². The molecule has 11 heteroatoms. The van der Waals surface area contributed by atoms with E-state index in [1.807, 2.05) is 20.0 Å². The Morgan fingerprint density at radius 1 is 1.22 bits per heavy atom. The second-order valence-corrected chi connectivity index (χ2v) is 12.1. The Kier molecular flexibility index (Phi) is 5.98. The molecule has 36 heavy (non-hydrogen) atoms. The second-order valence-electron chi connectivity index (χ2n) is 10.3. The van der Waals surface area contributed by atoms with Crippen LogP contribution in [0, 0.1) is 11.3 Å². The molecule has 1 saturated heterocycles. The van der Waals surface area contributed by atoms with Crippen molar-refractivity contribution >= 4 is 34.6 Å². The third kappa shape index (κ3) is 4.18. The van der Waals surface area contributed by atoms with Crippen LogP contribution in [0.15, 0.2) is 23.4 Å². The van der Waals surface area contributed by atoms with Crippen molar-refractivity contribution in [1.29, 1.82) is 5.26 Å². The highest BCUT2D eigenvalue weighted by molar-refractivity contribution is 7.97. The van der Waals surface area contributed by atoms with Gasteiger partial charge in [-0.05, 0) is 56.5 Å². The molecule has 0 atom stereocenters. The van der Waals surface area contributed by atoms with Crippen molar-refractivity contribution in [3.05, 3.63) is 23.5 Å². The minimum absolute atomic E-state index is 0.238. The molecule has 190 valence electrons. The summed E-state index contributed by atoms with van der Waals surface area (Å²) in [7, 11) is 0. The van der Waals surface area contributed by atoms with Crippen molar-refractivity contribution < 1.29 is 4.39 Å². The highest BCUT2D eigenvalue weighted by Gasteiger charge is 2.49. The van der Waals surface area contributed by atoms with E-state index in [2.05, 4.69) is 47.9 Å². The highest BCUT2D eigenvalue weighted by atomic mass is 32.2. The van der Waals surface area contributed by atoms with Crippen molar-refractivity contribution in [2.45, 2.75) is 73.8 Å². The number of halogens is 1. The molecule has 4 heterocycles. The molecule has 3 aromatic heterocycles. The Hall–Kier alpha value is -2.26. The minimum atomic E-state index is -0.448. The van der Waals surface area contributed by atoms with Crippen molar-refractivity contribution in [3.8, 4) is 16.8 Å². The number of fused-ring (bicyclic) bond motifs is 1. The van der Waals surface area contributed by atoms with Gasteiger partial charge in [-0.2, -0.15) is 5.26 Å². The van der Waals surface area contributed by atoms with Crippen LogP contribution in [0.4, 0.5) is 10.1 Å². The molecule has 4 aliphatic rings. The van der Waals surface area contributed by atoms with Gasteiger partial charge in [0, 0.05) is 36.3 Å². The molecule has 0 aromatic carbocycles. The maximum Gasteiger partial charge on any atom is 0.166 e. The fourth-order valence-electron chi connectivity index (χ4n) is 4.74. The van der Waals surface area contributed by atoms with Crippen LogP contribution < -0.4 is 14.9 Å². The zero-order valence-electron chi connectivity index (χ0n) is 20.7. The molecule has 8 nitrogen and oxygen atoms in total. The number of piperazine rings is 1. The molecule has 3 saturated carbocycles. The summed E-state index contributed by atoms with van der Waals surface area (Å²) in [6.07, 6.45) is 9.78. The van der Waals surface area contributed by atoms with Gasteiger partial charge >= 0.3 is 0 Å². The van der Waals surface area contributed by atoms with Crippen LogP contribution in [-0.2, 0) is 5.41 Å². The molecular formula is C25H31FN8S2. The van der Waals surface area contributed by atoms with Gasteiger partial charge in [-0.15, -0.1) is 10.2 Å². The topological polar surface area (TPSA) is 94.2 Å². The standard InChI is InChI=1S/C23H25FN8S2.C2H6/c24-12-22(3-4-22)30-34-15-9-16(31-8-7-27-23(14-31)5-6-23)18-26-10-17(32(18)11-15)19-28-29-20(33-19)21(13-25)1-2-21;1-2/h9-11,27,30H,1-8,12,14H2;1-2H3. The number of nitrogens with one attached hydrogen (secondary N) is 2. The van der Waals surface area contributed by atoms with E-state index >= 15 is 0 Å². The number of alkyl halides is 1. The maximum absolute atomic E-state index is 13.5. The Bertz CT molecular complexity index is 1320. The molecule has 2 N–H and O–H groups in total. The number of nitrogens with zero attached hydrogens (tertiary/aromatic N) is 6. The molecule has 0 amide bonds. The average Bonchev–Trinajstić information content (AvgIpc) is 3.89. The molecule has 0 bridgehead atoms. The monoisotopic (exact) mass is 526 g/mol. The van der Waals surface area contributed by atoms with Crippen LogP contribution in [-0.4, -0.2) is 57.0 Å². The van der Waals surface area contributed by atoms with E-state index in [0.29, 0.717) is 0 Å². The highest BCUT2D eigenvalue weighted by Crippen LogP contribution is 2.49. The van der Waals surface area contributed by atoms with E-state index in [9.17, 15) is 9.65 Å². The first-order chi connectivity index (χ1) is 17.6. The smallest absolute Gasteiger partial charge is 0.166 e. The number of aromatic nitrogens is 4. The van der Waals surface area contributed by atoms with Gasteiger partial charge in [0.1, 0.15) is 22.8 Å². The van der Waals surface area contributed by atoms with Crippen LogP contribution in [0.2, 0.25) is 0 Å². The molecule has 7 rings (SSSR count). The van der Waals surface area contributed by atoms with E-state index in [1.54, 1.807) is 0 Å². The van der Waals surface area contributed by atoms with Crippen LogP contribution in [0.3, 0.4) is 0 Å². The predicted octanol–water partition coefficient (Wildman–Crippen LogP) is 4.48. The SMILES string of the molecule is CC.N#CC1(c2nnc(-c3cnc4c(N5CCNC6(CC6)C5)cc(SNC5(CF)CC5)cn34)s2)CC1. The van der Waals surface area contributed by atoms with Crippen molar-refractivity contribution in [1.82, 2.24) is 29.6 Å². The maximum atomic E-state index is 13.5. The fourth-order valence-corrected chi connectivity index (χ4v) is 6.71. The molecular weight excluding hydrogens is 495 g/mol. The van der Waals surface area contributed by atoms with E-state index in [4.69, 9.17) is 4.98 Å². The quantitative estimate of drug-likeness (QED) is 0.436. The lowest BCUT2D eigenvalue weighted by Crippen LogP contribution is -2.52. The first-order valence-electron chi connectivity index (χ1n) is 12.8. The second kappa shape index (κ2) is 8.94. The van der Waals surface area contributed by atoms with Crippen molar-refractivity contribution in [2.24, 2.45) is 0 Å². The number of hydrogen-bond acceptors (Lipinski definition) is 9. The summed E-state index contributed by atoms with van der Waals surface area (Å²) in [4.78, 5) is 8.26. The molecule has 4 fully saturated rings. The zero-order valence-corrected chi connectivity index (χ0v) is 22.3. The van der Waals surface area contributed by atoms with Gasteiger partial charge in [0.15, 0.2) is 10.7 Å². The first-order valence-corrected chi connectivity index (χ1v) is 14.5. The van der Waals surface area contributed by atoms with Crippen LogP contribution >= 0.6 is 23.3 Å². The summed E-state index contributed by atoms with van der Waals surface area (Å²) in [6, 6.07) is 4.59. The molecule has 1 aliphatic heterocycles. The lowest BCUT2D eigenvalue weighted by molar-refractivity contribution is 0.402. The molecule has 1 spiro atoms. The van der Waals surface area contributed by atoms with E-state index in [0.717, 1.165) is 77.3 Å². The minimum Gasteiger partial charge on any atom is -0.365 e. The third-order valence-corrected chi connectivity index (χ3v) is 9.79. The Labute approximate surface area is 218 Å². The van der Waals surface area contributed by atoms with E-state index in [-0.39, 0.29) is 17.8 Å². The van der Waals surface area contributed by atoms with Gasteiger partial charge in [0.05, 0.1) is 23.5 Å². The van der Waals surface area contributed by atoms with Gasteiger partial charge in [0.25, 0.3) is 0 Å². The normalized spacial score (nSPS) is 22.1. The molecule has 0 radical (unpaired) electrons. The van der Waals surface area contributed by atoms with Crippen molar-refractivity contribution in [2.75, 3.05) is 31.2 Å². The van der Waals surface area contributed by atoms with Crippen LogP contribution in [0.5, 0.6) is 0 Å². The van der Waals surface area contributed by atoms with Crippen molar-refractivity contribution in [3.63, 3.8) is 0 Å². The average molecular weight is 527 g/mol. The Morgan fingerprint density at radius 2 is 2.03 bits per heavy atom. The molecule has 3 aromatic rings. The zero-order chi connectivity index (χ0) is 25.0. The summed E-state index contributed by atoms with van der Waals surface area (Å²) >= 11 is 2.98. The summed E-state index contributed by atoms with van der Waals surface area (Å²) < 4.78 is 18.9. The lowest BCUT2D eigenvalue weighted by atomic mass is 10.1. The van der Waals surface area contributed by atoms with Crippen LogP contribution in [0.25, 0.3) is 16.3 Å². The first kappa shape index (κ1) is 24.1. The summed E-state index contributed by atoms with van der Waals surface area (Å²) in [5.74, 6) is 0. The van der Waals surface area contributed by atoms with E-state index in [1.165, 1.54) is 36.1 Å². The number of pyridine rings is 1. The number of rotatable bonds is 7. The van der Waals surface area contributed by atoms with Crippen LogP contribution in [0.1, 0.15) is 57.4 Å². The molecule has 3 aliphatic carbocycles. The lowest BCUT2D eigenvalue weighted by Gasteiger charge is -2.36. The summed E-state index contributed by atoms with van der Waals surface area (Å²) in [5, 5.41) is 23.6. The summed E-state index contributed by atoms with van der Waals surface area (Å²) in [5.41, 5.74) is 2.27. The number of imidazole rings is 1. The Morgan fingerprint density at radius 3 is 2.69 bits per heavy atom. The summed E-state index contributed by atoms with van der Waals surface area (Å²) in [6.45, 7) is 6.49. The Balaban J connectivity index is 0.00000117. The largest absolute Gasteiger partial charge is 0.365 e. The van der Waals surface area contributed by atoms with Gasteiger partial charge < -0.3 is 10.2 Å². The number of anilines is 1. The van der Waals surface area contributed by atoms with Gasteiger partial charge in [-0.1, -0.05) is 25.2 Å². The number of nitriles is 1.